The summed E-state index contributed by atoms with van der Waals surface area (Å²) >= 11 is 3.43. The zero-order valence-electron chi connectivity index (χ0n) is 12.3. The number of nitrogens with one attached hydrogen (secondary N) is 1. The molecule has 0 radical (unpaired) electrons. The number of rotatable bonds is 6. The fourth-order valence-corrected chi connectivity index (χ4v) is 2.27. The summed E-state index contributed by atoms with van der Waals surface area (Å²) in [5.41, 5.74) is 1.42. The summed E-state index contributed by atoms with van der Waals surface area (Å²) in [5.74, 6) is 0.996. The molecule has 4 nitrogen and oxygen atoms in total. The fourth-order valence-electron chi connectivity index (χ4n) is 1.87. The minimum absolute atomic E-state index is 0.125. The first-order chi connectivity index (χ1) is 10.7. The molecule has 114 valence electrons. The van der Waals surface area contributed by atoms with Gasteiger partial charge in [-0.1, -0.05) is 12.1 Å². The largest absolute Gasteiger partial charge is 0.493 e. The zero-order chi connectivity index (χ0) is 15.9. The topological polar surface area (TPSA) is 47.6 Å². The van der Waals surface area contributed by atoms with Crippen molar-refractivity contribution in [2.24, 2.45) is 0 Å². The number of hydrogen-bond donors (Lipinski definition) is 1. The first kappa shape index (κ1) is 16.1. The average molecular weight is 362 g/mol. The highest BCUT2D eigenvalue weighted by atomic mass is 79.9. The minimum Gasteiger partial charge on any atom is -0.493 e. The number of para-hydroxylation sites is 1. The van der Waals surface area contributed by atoms with Gasteiger partial charge >= 0.3 is 0 Å². The maximum Gasteiger partial charge on any atom is 0.187 e. The lowest BCUT2D eigenvalue weighted by Gasteiger charge is -2.08. The van der Waals surface area contributed by atoms with Gasteiger partial charge in [-0.05, 0) is 46.3 Å². The van der Waals surface area contributed by atoms with Crippen LogP contribution in [0.25, 0.3) is 0 Å². The van der Waals surface area contributed by atoms with Crippen molar-refractivity contribution in [3.8, 4) is 11.5 Å². The van der Waals surface area contributed by atoms with E-state index in [-0.39, 0.29) is 5.78 Å². The molecule has 2 rings (SSSR count). The van der Waals surface area contributed by atoms with Gasteiger partial charge < -0.3 is 14.8 Å². The molecule has 2 aromatic rings. The number of carbonyl (C=O) groups is 1. The van der Waals surface area contributed by atoms with Crippen LogP contribution in [0.5, 0.6) is 11.5 Å². The number of methoxy groups -OCH3 is 2. The van der Waals surface area contributed by atoms with Gasteiger partial charge in [0.15, 0.2) is 17.3 Å². The van der Waals surface area contributed by atoms with Crippen molar-refractivity contribution in [1.29, 1.82) is 0 Å². The molecule has 0 aliphatic rings. The molecule has 0 saturated heterocycles. The van der Waals surface area contributed by atoms with Crippen LogP contribution in [0, 0.1) is 0 Å². The molecule has 22 heavy (non-hydrogen) atoms. The van der Waals surface area contributed by atoms with Gasteiger partial charge in [-0.15, -0.1) is 0 Å². The van der Waals surface area contributed by atoms with Crippen molar-refractivity contribution in [2.75, 3.05) is 19.5 Å². The first-order valence-electron chi connectivity index (χ1n) is 6.59. The Labute approximate surface area is 137 Å². The molecule has 0 aliphatic carbocycles. The molecule has 0 aliphatic heterocycles. The van der Waals surface area contributed by atoms with Crippen molar-refractivity contribution in [1.82, 2.24) is 0 Å². The third kappa shape index (κ3) is 3.89. The van der Waals surface area contributed by atoms with Crippen molar-refractivity contribution in [3.63, 3.8) is 0 Å². The normalized spacial score (nSPS) is 10.5. The summed E-state index contributed by atoms with van der Waals surface area (Å²) in [4.78, 5) is 12.2. The van der Waals surface area contributed by atoms with Crippen molar-refractivity contribution >= 4 is 27.4 Å². The van der Waals surface area contributed by atoms with Crippen LogP contribution in [-0.4, -0.2) is 20.0 Å². The number of allylic oxidation sites excluding steroid dienone is 1. The van der Waals surface area contributed by atoms with Gasteiger partial charge in [0, 0.05) is 22.3 Å². The molecule has 0 fully saturated rings. The van der Waals surface area contributed by atoms with E-state index >= 15 is 0 Å². The van der Waals surface area contributed by atoms with Gasteiger partial charge in [-0.3, -0.25) is 4.79 Å². The highest BCUT2D eigenvalue weighted by Gasteiger charge is 2.08. The van der Waals surface area contributed by atoms with Crippen LogP contribution in [-0.2, 0) is 0 Å². The number of ether oxygens (including phenoxy) is 2. The van der Waals surface area contributed by atoms with Gasteiger partial charge in [0.25, 0.3) is 0 Å². The molecular formula is C17H16BrNO3. The summed E-state index contributed by atoms with van der Waals surface area (Å²) in [6.45, 7) is 0. The molecule has 0 saturated carbocycles. The summed E-state index contributed by atoms with van der Waals surface area (Å²) in [5, 5.41) is 3.06. The molecule has 0 unspecified atom stereocenters. The second-order valence-electron chi connectivity index (χ2n) is 4.39. The van der Waals surface area contributed by atoms with Crippen LogP contribution < -0.4 is 14.8 Å². The Morgan fingerprint density at radius 3 is 2.50 bits per heavy atom. The van der Waals surface area contributed by atoms with Crippen molar-refractivity contribution < 1.29 is 14.3 Å². The highest BCUT2D eigenvalue weighted by molar-refractivity contribution is 9.10. The zero-order valence-corrected chi connectivity index (χ0v) is 13.9. The van der Waals surface area contributed by atoms with E-state index in [9.17, 15) is 4.79 Å². The summed E-state index contributed by atoms with van der Waals surface area (Å²) in [6.07, 6.45) is 3.08. The third-order valence-corrected chi connectivity index (χ3v) is 3.71. The Hall–Kier alpha value is -2.27. The van der Waals surface area contributed by atoms with E-state index in [4.69, 9.17) is 9.47 Å². The van der Waals surface area contributed by atoms with Crippen LogP contribution in [0.2, 0.25) is 0 Å². The number of ketones is 1. The van der Waals surface area contributed by atoms with Crippen LogP contribution in [0.4, 0.5) is 5.69 Å². The van der Waals surface area contributed by atoms with Crippen LogP contribution in [0.15, 0.2) is 59.2 Å². The molecule has 0 amide bonds. The van der Waals surface area contributed by atoms with Gasteiger partial charge in [-0.25, -0.2) is 0 Å². The molecule has 1 N–H and O–H groups in total. The summed E-state index contributed by atoms with van der Waals surface area (Å²) < 4.78 is 11.3. The quantitative estimate of drug-likeness (QED) is 0.616. The van der Waals surface area contributed by atoms with E-state index < -0.39 is 0 Å². The predicted octanol–water partition coefficient (Wildman–Crippen LogP) is 4.27. The third-order valence-electron chi connectivity index (χ3n) is 3.02. The molecule has 0 atom stereocenters. The second-order valence-corrected chi connectivity index (χ2v) is 5.25. The lowest BCUT2D eigenvalue weighted by Crippen LogP contribution is -1.98. The molecule has 0 bridgehead atoms. The smallest absolute Gasteiger partial charge is 0.187 e. The van der Waals surface area contributed by atoms with E-state index in [0.29, 0.717) is 17.1 Å². The number of halogens is 1. The Morgan fingerprint density at radius 2 is 1.82 bits per heavy atom. The highest BCUT2D eigenvalue weighted by Crippen LogP contribution is 2.27. The van der Waals surface area contributed by atoms with E-state index in [1.165, 1.54) is 13.2 Å². The predicted molar refractivity (Wildman–Crippen MR) is 90.8 cm³/mol. The second kappa shape index (κ2) is 7.66. The van der Waals surface area contributed by atoms with Gasteiger partial charge in [0.2, 0.25) is 0 Å². The first-order valence-corrected chi connectivity index (χ1v) is 7.39. The standard InChI is InChI=1S/C17H16BrNO3/c1-21-16-8-7-12(11-17(16)22-2)15(20)9-10-19-14-6-4-3-5-13(14)18/h3-11,19H,1-2H3/b10-9+. The SMILES string of the molecule is COc1ccc(C(=O)/C=C/Nc2ccccc2Br)cc1OC. The Morgan fingerprint density at radius 1 is 1.09 bits per heavy atom. The van der Waals surface area contributed by atoms with E-state index in [2.05, 4.69) is 21.2 Å². The monoisotopic (exact) mass is 361 g/mol. The Kier molecular flexibility index (Phi) is 5.61. The molecule has 0 aromatic heterocycles. The van der Waals surface area contributed by atoms with Gasteiger partial charge in [-0.2, -0.15) is 0 Å². The minimum atomic E-state index is -0.125. The van der Waals surface area contributed by atoms with Gasteiger partial charge in [0.1, 0.15) is 0 Å². The number of benzene rings is 2. The fraction of sp³-hybridized carbons (Fsp3) is 0.118. The van der Waals surface area contributed by atoms with E-state index in [1.54, 1.807) is 31.5 Å². The van der Waals surface area contributed by atoms with Crippen LogP contribution in [0.3, 0.4) is 0 Å². The van der Waals surface area contributed by atoms with Gasteiger partial charge in [0.05, 0.1) is 19.9 Å². The number of carbonyl (C=O) groups excluding carboxylic acids is 1. The summed E-state index contributed by atoms with van der Waals surface area (Å²) in [7, 11) is 3.09. The van der Waals surface area contributed by atoms with Crippen LogP contribution >= 0.6 is 15.9 Å². The number of hydrogen-bond acceptors (Lipinski definition) is 4. The molecule has 2 aromatic carbocycles. The Balaban J connectivity index is 2.09. The summed E-state index contributed by atoms with van der Waals surface area (Å²) in [6, 6.07) is 12.7. The molecule has 5 heteroatoms. The maximum atomic E-state index is 12.2. The van der Waals surface area contributed by atoms with Crippen molar-refractivity contribution in [2.45, 2.75) is 0 Å². The average Bonchev–Trinajstić information content (AvgIpc) is 2.55. The maximum absolute atomic E-state index is 12.2. The van der Waals surface area contributed by atoms with E-state index in [0.717, 1.165) is 10.2 Å². The van der Waals surface area contributed by atoms with Crippen LogP contribution in [0.1, 0.15) is 10.4 Å². The molecule has 0 heterocycles. The molecular weight excluding hydrogens is 346 g/mol. The number of anilines is 1. The Bertz CT molecular complexity index is 698. The van der Waals surface area contributed by atoms with E-state index in [1.807, 2.05) is 24.3 Å². The molecule has 0 spiro atoms. The van der Waals surface area contributed by atoms with Crippen molar-refractivity contribution in [3.05, 3.63) is 64.8 Å². The lowest BCUT2D eigenvalue weighted by molar-refractivity contribution is 0.104. The lowest BCUT2D eigenvalue weighted by atomic mass is 10.1.